The first-order chi connectivity index (χ1) is 19.4. The Kier molecular flexibility index (Phi) is 8.11. The number of aromatic nitrogens is 3. The van der Waals surface area contributed by atoms with Crippen LogP contribution in [0, 0.1) is 11.6 Å². The minimum Gasteiger partial charge on any atom is -0.396 e. The van der Waals surface area contributed by atoms with Crippen molar-refractivity contribution in [3.63, 3.8) is 0 Å². The molecule has 0 saturated heterocycles. The molecule has 2 amide bonds. The molecule has 5 aromatic rings. The number of hydrogen-bond acceptors (Lipinski definition) is 6. The van der Waals surface area contributed by atoms with E-state index in [-0.39, 0.29) is 12.5 Å². The van der Waals surface area contributed by atoms with Crippen molar-refractivity contribution in [3.8, 4) is 11.3 Å². The zero-order chi connectivity index (χ0) is 28.1. The van der Waals surface area contributed by atoms with Crippen LogP contribution in [0.2, 0.25) is 0 Å². The molecule has 2 aromatic heterocycles. The van der Waals surface area contributed by atoms with Gasteiger partial charge in [0.2, 0.25) is 0 Å². The van der Waals surface area contributed by atoms with Crippen LogP contribution < -0.4 is 16.4 Å². The first-order valence-corrected chi connectivity index (χ1v) is 13.5. The number of thiazole rings is 1. The molecule has 0 aliphatic heterocycles. The Bertz CT molecular complexity index is 1650. The van der Waals surface area contributed by atoms with Gasteiger partial charge in [0.25, 0.3) is 11.8 Å². The Hall–Kier alpha value is -4.64. The number of rotatable bonds is 10. The van der Waals surface area contributed by atoms with E-state index in [1.807, 2.05) is 30.3 Å². The molecule has 0 fully saturated rings. The summed E-state index contributed by atoms with van der Waals surface area (Å²) in [5.74, 6) is -2.19. The molecular formula is C29H26F2N6O2S. The molecule has 5 N–H and O–H groups in total. The zero-order valence-corrected chi connectivity index (χ0v) is 22.1. The second-order valence-electron chi connectivity index (χ2n) is 9.21. The highest BCUT2D eigenvalue weighted by Gasteiger charge is 2.21. The Morgan fingerprint density at radius 3 is 2.58 bits per heavy atom. The molecule has 0 radical (unpaired) electrons. The number of anilines is 1. The highest BCUT2D eigenvalue weighted by molar-refractivity contribution is 7.11. The number of halogens is 2. The van der Waals surface area contributed by atoms with Gasteiger partial charge in [-0.2, -0.15) is 0 Å². The van der Waals surface area contributed by atoms with E-state index in [1.165, 1.54) is 17.5 Å². The molecular weight excluding hydrogens is 534 g/mol. The third-order valence-electron chi connectivity index (χ3n) is 6.52. The number of H-pyrrole nitrogens is 1. The number of fused-ring (bicyclic) bond motifs is 1. The fraction of sp³-hybridized carbons (Fsp3) is 0.172. The number of carbonyl (C=O) groups excluding carboxylic acids is 2. The van der Waals surface area contributed by atoms with Crippen LogP contribution in [-0.2, 0) is 0 Å². The number of unbranched alkanes of at least 4 members (excludes halogenated alkanes) is 1. The van der Waals surface area contributed by atoms with Gasteiger partial charge in [0.1, 0.15) is 27.9 Å². The summed E-state index contributed by atoms with van der Waals surface area (Å²) >= 11 is 1.24. The predicted octanol–water partition coefficient (Wildman–Crippen LogP) is 5.62. The van der Waals surface area contributed by atoms with Gasteiger partial charge in [-0.25, -0.2) is 13.8 Å². The SMILES string of the molecule is Nc1c(F)ccc(F)c1C(=O)NCCCC[C@H](NC(=O)c1cncs1)c1ncc(-c2ccc3ccccc3c2)[nH]1. The van der Waals surface area contributed by atoms with Gasteiger partial charge in [-0.1, -0.05) is 36.4 Å². The second kappa shape index (κ2) is 12.0. The number of hydrogen-bond donors (Lipinski definition) is 4. The molecule has 204 valence electrons. The van der Waals surface area contributed by atoms with Gasteiger partial charge >= 0.3 is 0 Å². The number of imidazole rings is 1. The maximum atomic E-state index is 14.0. The van der Waals surface area contributed by atoms with Crippen molar-refractivity contribution in [2.45, 2.75) is 25.3 Å². The molecule has 1 atom stereocenters. The lowest BCUT2D eigenvalue weighted by Crippen LogP contribution is -2.29. The van der Waals surface area contributed by atoms with Crippen LogP contribution in [0.15, 0.2) is 72.5 Å². The van der Waals surface area contributed by atoms with Crippen molar-refractivity contribution in [2.75, 3.05) is 12.3 Å². The maximum absolute atomic E-state index is 14.0. The molecule has 40 heavy (non-hydrogen) atoms. The summed E-state index contributed by atoms with van der Waals surface area (Å²) in [6, 6.07) is 15.5. The Balaban J connectivity index is 1.25. The van der Waals surface area contributed by atoms with Crippen LogP contribution >= 0.6 is 11.3 Å². The Morgan fingerprint density at radius 2 is 1.77 bits per heavy atom. The topological polar surface area (TPSA) is 126 Å². The molecule has 5 rings (SSSR count). The third-order valence-corrected chi connectivity index (χ3v) is 7.29. The first kappa shape index (κ1) is 26.9. The van der Waals surface area contributed by atoms with Gasteiger partial charge in [-0.15, -0.1) is 11.3 Å². The molecule has 0 aliphatic rings. The summed E-state index contributed by atoms with van der Waals surface area (Å²) < 4.78 is 27.7. The molecule has 0 unspecified atom stereocenters. The quantitative estimate of drug-likeness (QED) is 0.130. The van der Waals surface area contributed by atoms with Crippen molar-refractivity contribution in [1.29, 1.82) is 0 Å². The number of benzene rings is 3. The molecule has 0 spiro atoms. The van der Waals surface area contributed by atoms with Crippen LogP contribution in [0.5, 0.6) is 0 Å². The number of carbonyl (C=O) groups is 2. The minimum atomic E-state index is -0.887. The lowest BCUT2D eigenvalue weighted by Gasteiger charge is -2.16. The van der Waals surface area contributed by atoms with Crippen molar-refractivity contribution in [2.24, 2.45) is 0 Å². The van der Waals surface area contributed by atoms with Gasteiger partial charge < -0.3 is 21.4 Å². The molecule has 2 heterocycles. The van der Waals surface area contributed by atoms with Crippen molar-refractivity contribution >= 4 is 39.6 Å². The summed E-state index contributed by atoms with van der Waals surface area (Å²) in [6.07, 6.45) is 4.88. The number of nitrogens with zero attached hydrogens (tertiary/aromatic N) is 2. The van der Waals surface area contributed by atoms with Crippen LogP contribution in [0.3, 0.4) is 0 Å². The Morgan fingerprint density at radius 1 is 0.975 bits per heavy atom. The predicted molar refractivity (Wildman–Crippen MR) is 151 cm³/mol. The molecule has 3 aromatic carbocycles. The second-order valence-corrected chi connectivity index (χ2v) is 10.1. The number of nitrogens with two attached hydrogens (primary N) is 1. The van der Waals surface area contributed by atoms with Gasteiger partial charge in [0, 0.05) is 12.1 Å². The summed E-state index contributed by atoms with van der Waals surface area (Å²) in [4.78, 5) is 37.6. The summed E-state index contributed by atoms with van der Waals surface area (Å²) in [5, 5.41) is 7.84. The fourth-order valence-corrected chi connectivity index (χ4v) is 4.94. The molecule has 0 saturated carbocycles. The normalized spacial score (nSPS) is 11.8. The van der Waals surface area contributed by atoms with Crippen molar-refractivity contribution in [1.82, 2.24) is 25.6 Å². The standard InChI is InChI=1S/C29H26F2N6O2S/c30-20-10-11-21(31)26(32)25(20)29(39)34-12-4-3-7-22(37-28(38)24-15-33-16-40-24)27-35-14-23(36-27)19-9-8-17-5-1-2-6-18(17)13-19/h1-2,5-6,8-11,13-16,22H,3-4,7,12,32H2,(H,34,39)(H,35,36)(H,37,38)/t22-/m0/s1. The summed E-state index contributed by atoms with van der Waals surface area (Å²) in [6.45, 7) is 0.213. The number of amides is 2. The highest BCUT2D eigenvalue weighted by Crippen LogP contribution is 2.26. The molecule has 11 heteroatoms. The van der Waals surface area contributed by atoms with E-state index >= 15 is 0 Å². The summed E-state index contributed by atoms with van der Waals surface area (Å²) in [7, 11) is 0. The van der Waals surface area contributed by atoms with E-state index in [9.17, 15) is 18.4 Å². The van der Waals surface area contributed by atoms with Gasteiger partial charge in [0.15, 0.2) is 0 Å². The van der Waals surface area contributed by atoms with Gasteiger partial charge in [-0.05, 0) is 48.2 Å². The first-order valence-electron chi connectivity index (χ1n) is 12.7. The lowest BCUT2D eigenvalue weighted by atomic mass is 10.1. The number of nitrogens with one attached hydrogen (secondary N) is 3. The average molecular weight is 561 g/mol. The number of aromatic amines is 1. The molecule has 0 bridgehead atoms. The third kappa shape index (κ3) is 5.99. The van der Waals surface area contributed by atoms with Crippen LogP contribution in [-0.4, -0.2) is 33.3 Å². The van der Waals surface area contributed by atoms with Crippen molar-refractivity contribution < 1.29 is 18.4 Å². The maximum Gasteiger partial charge on any atom is 0.263 e. The fourth-order valence-electron chi connectivity index (χ4n) is 4.41. The van der Waals surface area contributed by atoms with E-state index in [1.54, 1.807) is 11.7 Å². The minimum absolute atomic E-state index is 0.213. The highest BCUT2D eigenvalue weighted by atomic mass is 32.1. The summed E-state index contributed by atoms with van der Waals surface area (Å²) in [5.41, 5.74) is 7.89. The van der Waals surface area contributed by atoms with Gasteiger partial charge in [-0.3, -0.25) is 14.6 Å². The molecule has 0 aliphatic carbocycles. The smallest absolute Gasteiger partial charge is 0.263 e. The van der Waals surface area contributed by atoms with Crippen LogP contribution in [0.1, 0.15) is 51.2 Å². The van der Waals surface area contributed by atoms with Crippen molar-refractivity contribution in [3.05, 3.63) is 100 Å². The van der Waals surface area contributed by atoms with Gasteiger partial charge in [0.05, 0.1) is 35.3 Å². The van der Waals surface area contributed by atoms with E-state index in [0.717, 1.165) is 34.2 Å². The van der Waals surface area contributed by atoms with E-state index < -0.39 is 34.8 Å². The van der Waals surface area contributed by atoms with E-state index in [0.29, 0.717) is 30.0 Å². The van der Waals surface area contributed by atoms with E-state index in [2.05, 4.69) is 37.7 Å². The van der Waals surface area contributed by atoms with E-state index in [4.69, 9.17) is 5.73 Å². The lowest BCUT2D eigenvalue weighted by molar-refractivity contribution is 0.0935. The van der Waals surface area contributed by atoms with Crippen LogP contribution in [0.25, 0.3) is 22.0 Å². The monoisotopic (exact) mass is 560 g/mol. The largest absolute Gasteiger partial charge is 0.396 e. The van der Waals surface area contributed by atoms with Crippen LogP contribution in [0.4, 0.5) is 14.5 Å². The zero-order valence-electron chi connectivity index (χ0n) is 21.3. The molecule has 8 nitrogen and oxygen atoms in total. The Labute approximate surface area is 232 Å². The number of nitrogen functional groups attached to an aromatic ring is 1. The average Bonchev–Trinajstić information content (AvgIpc) is 3.67.